The quantitative estimate of drug-likeness (QED) is 0.460. The standard InChI is InChI=1S/C21H20N2O5/c1-22(21(24)14-28-20-5-3-4-18(12-20)23(25)26)13-15-6-7-17-11-19(27-2)9-8-16(17)10-15/h3-12H,13-14H2,1-2H3. The van der Waals surface area contributed by atoms with E-state index in [2.05, 4.69) is 0 Å². The van der Waals surface area contributed by atoms with Gasteiger partial charge >= 0.3 is 0 Å². The molecule has 0 aromatic heterocycles. The molecule has 0 aliphatic rings. The van der Waals surface area contributed by atoms with Crippen LogP contribution < -0.4 is 9.47 Å². The summed E-state index contributed by atoms with van der Waals surface area (Å²) in [5.41, 5.74) is 0.912. The first-order valence-corrected chi connectivity index (χ1v) is 8.64. The van der Waals surface area contributed by atoms with Crippen molar-refractivity contribution in [2.24, 2.45) is 0 Å². The van der Waals surface area contributed by atoms with Crippen molar-refractivity contribution >= 4 is 22.4 Å². The molecule has 0 unspecified atom stereocenters. The molecule has 0 saturated carbocycles. The predicted octanol–water partition coefficient (Wildman–Crippen LogP) is 3.79. The summed E-state index contributed by atoms with van der Waals surface area (Å²) in [6.07, 6.45) is 0. The van der Waals surface area contributed by atoms with Gasteiger partial charge in [-0.15, -0.1) is 0 Å². The van der Waals surface area contributed by atoms with Gasteiger partial charge in [-0.2, -0.15) is 0 Å². The molecule has 0 bridgehead atoms. The Bertz CT molecular complexity index is 1020. The third kappa shape index (κ3) is 4.56. The van der Waals surface area contributed by atoms with E-state index in [0.717, 1.165) is 22.1 Å². The number of carbonyl (C=O) groups is 1. The van der Waals surface area contributed by atoms with E-state index in [-0.39, 0.29) is 24.0 Å². The molecule has 144 valence electrons. The van der Waals surface area contributed by atoms with Gasteiger partial charge in [-0.25, -0.2) is 0 Å². The molecule has 0 radical (unpaired) electrons. The average molecular weight is 380 g/mol. The molecule has 7 nitrogen and oxygen atoms in total. The second-order valence-electron chi connectivity index (χ2n) is 6.34. The zero-order valence-electron chi connectivity index (χ0n) is 15.6. The molecule has 3 rings (SSSR count). The van der Waals surface area contributed by atoms with Gasteiger partial charge in [0.2, 0.25) is 0 Å². The molecule has 3 aromatic rings. The zero-order chi connectivity index (χ0) is 20.1. The maximum atomic E-state index is 12.3. The fourth-order valence-electron chi connectivity index (χ4n) is 2.80. The van der Waals surface area contributed by atoms with Crippen molar-refractivity contribution in [2.75, 3.05) is 20.8 Å². The summed E-state index contributed by atoms with van der Waals surface area (Å²) in [4.78, 5) is 24.2. The Morgan fingerprint density at radius 3 is 2.54 bits per heavy atom. The van der Waals surface area contributed by atoms with Crippen LogP contribution in [0.5, 0.6) is 11.5 Å². The highest BCUT2D eigenvalue weighted by atomic mass is 16.6. The minimum Gasteiger partial charge on any atom is -0.497 e. The van der Waals surface area contributed by atoms with Crippen LogP contribution in [-0.2, 0) is 11.3 Å². The molecular weight excluding hydrogens is 360 g/mol. The number of nitro benzene ring substituents is 1. The summed E-state index contributed by atoms with van der Waals surface area (Å²) in [6.45, 7) is 0.238. The van der Waals surface area contributed by atoms with Crippen LogP contribution in [0.3, 0.4) is 0 Å². The van der Waals surface area contributed by atoms with E-state index >= 15 is 0 Å². The second-order valence-corrected chi connectivity index (χ2v) is 6.34. The number of benzene rings is 3. The number of rotatable bonds is 7. The normalized spacial score (nSPS) is 10.5. The van der Waals surface area contributed by atoms with E-state index < -0.39 is 4.92 Å². The van der Waals surface area contributed by atoms with Crippen molar-refractivity contribution < 1.29 is 19.2 Å². The Morgan fingerprint density at radius 2 is 1.79 bits per heavy atom. The van der Waals surface area contributed by atoms with E-state index in [1.807, 2.05) is 36.4 Å². The van der Waals surface area contributed by atoms with Crippen LogP contribution in [-0.4, -0.2) is 36.5 Å². The lowest BCUT2D eigenvalue weighted by Gasteiger charge is -2.18. The summed E-state index contributed by atoms with van der Waals surface area (Å²) in [5, 5.41) is 12.9. The maximum Gasteiger partial charge on any atom is 0.273 e. The smallest absolute Gasteiger partial charge is 0.273 e. The van der Waals surface area contributed by atoms with Gasteiger partial charge in [0.15, 0.2) is 6.61 Å². The molecule has 0 N–H and O–H groups in total. The minimum atomic E-state index is -0.504. The number of ether oxygens (including phenoxy) is 2. The Hall–Kier alpha value is -3.61. The third-order valence-electron chi connectivity index (χ3n) is 4.35. The zero-order valence-corrected chi connectivity index (χ0v) is 15.6. The van der Waals surface area contributed by atoms with Gasteiger partial charge in [0.05, 0.1) is 18.1 Å². The molecule has 0 spiro atoms. The lowest BCUT2D eigenvalue weighted by Crippen LogP contribution is -2.30. The molecule has 0 fully saturated rings. The van der Waals surface area contributed by atoms with Crippen LogP contribution in [0.4, 0.5) is 5.69 Å². The van der Waals surface area contributed by atoms with Crippen LogP contribution in [0.1, 0.15) is 5.56 Å². The number of hydrogen-bond acceptors (Lipinski definition) is 5. The molecule has 0 atom stereocenters. The van der Waals surface area contributed by atoms with Gasteiger partial charge < -0.3 is 14.4 Å². The number of likely N-dealkylation sites (N-methyl/N-ethyl adjacent to an activating group) is 1. The van der Waals surface area contributed by atoms with E-state index in [1.54, 1.807) is 25.1 Å². The van der Waals surface area contributed by atoms with Gasteiger partial charge in [0.1, 0.15) is 11.5 Å². The Kier molecular flexibility index (Phi) is 5.74. The number of non-ortho nitro benzene ring substituents is 1. The van der Waals surface area contributed by atoms with E-state index in [9.17, 15) is 14.9 Å². The molecule has 7 heteroatoms. The number of nitrogens with zero attached hydrogens (tertiary/aromatic N) is 2. The number of methoxy groups -OCH3 is 1. The molecule has 0 saturated heterocycles. The van der Waals surface area contributed by atoms with Crippen molar-refractivity contribution in [3.8, 4) is 11.5 Å². The maximum absolute atomic E-state index is 12.3. The Labute approximate surface area is 162 Å². The first-order chi connectivity index (χ1) is 13.5. The molecular formula is C21H20N2O5. The van der Waals surface area contributed by atoms with Gasteiger partial charge in [0, 0.05) is 19.7 Å². The van der Waals surface area contributed by atoms with Crippen LogP contribution in [0.15, 0.2) is 60.7 Å². The summed E-state index contributed by atoms with van der Waals surface area (Å²) < 4.78 is 10.6. The van der Waals surface area contributed by atoms with Crippen molar-refractivity contribution in [3.63, 3.8) is 0 Å². The first-order valence-electron chi connectivity index (χ1n) is 8.64. The monoisotopic (exact) mass is 380 g/mol. The van der Waals surface area contributed by atoms with Crippen molar-refractivity contribution in [1.82, 2.24) is 4.90 Å². The Balaban J connectivity index is 1.61. The number of nitro groups is 1. The van der Waals surface area contributed by atoms with Crippen LogP contribution in [0.25, 0.3) is 10.8 Å². The molecule has 3 aromatic carbocycles. The predicted molar refractivity (Wildman–Crippen MR) is 106 cm³/mol. The fraction of sp³-hybridized carbons (Fsp3) is 0.190. The highest BCUT2D eigenvalue weighted by Crippen LogP contribution is 2.22. The Morgan fingerprint density at radius 1 is 1.04 bits per heavy atom. The van der Waals surface area contributed by atoms with Crippen molar-refractivity contribution in [1.29, 1.82) is 0 Å². The number of hydrogen-bond donors (Lipinski definition) is 0. The average Bonchev–Trinajstić information content (AvgIpc) is 2.71. The van der Waals surface area contributed by atoms with Gasteiger partial charge in [-0.1, -0.05) is 24.3 Å². The number of carbonyl (C=O) groups excluding carboxylic acids is 1. The number of fused-ring (bicyclic) bond motifs is 1. The molecule has 0 aliphatic carbocycles. The lowest BCUT2D eigenvalue weighted by atomic mass is 10.1. The largest absolute Gasteiger partial charge is 0.497 e. The SMILES string of the molecule is COc1ccc2cc(CN(C)C(=O)COc3cccc([N+](=O)[O-])c3)ccc2c1. The highest BCUT2D eigenvalue weighted by molar-refractivity contribution is 5.84. The van der Waals surface area contributed by atoms with E-state index in [4.69, 9.17) is 9.47 Å². The minimum absolute atomic E-state index is 0.0777. The second kappa shape index (κ2) is 8.39. The summed E-state index contributed by atoms with van der Waals surface area (Å²) in [7, 11) is 3.32. The van der Waals surface area contributed by atoms with Crippen LogP contribution >= 0.6 is 0 Å². The van der Waals surface area contributed by atoms with Gasteiger partial charge in [-0.3, -0.25) is 14.9 Å². The molecule has 0 aliphatic heterocycles. The molecule has 28 heavy (non-hydrogen) atoms. The number of amides is 1. The lowest BCUT2D eigenvalue weighted by molar-refractivity contribution is -0.384. The molecule has 0 heterocycles. The van der Waals surface area contributed by atoms with Gasteiger partial charge in [0.25, 0.3) is 11.6 Å². The van der Waals surface area contributed by atoms with Crippen molar-refractivity contribution in [3.05, 3.63) is 76.3 Å². The van der Waals surface area contributed by atoms with E-state index in [0.29, 0.717) is 6.54 Å². The fourth-order valence-corrected chi connectivity index (χ4v) is 2.80. The summed E-state index contributed by atoms with van der Waals surface area (Å²) in [6, 6.07) is 17.6. The molecule has 1 amide bonds. The van der Waals surface area contributed by atoms with E-state index in [1.165, 1.54) is 18.2 Å². The summed E-state index contributed by atoms with van der Waals surface area (Å²) >= 11 is 0. The first kappa shape index (κ1) is 19.2. The van der Waals surface area contributed by atoms with Crippen LogP contribution in [0.2, 0.25) is 0 Å². The van der Waals surface area contributed by atoms with Crippen molar-refractivity contribution in [2.45, 2.75) is 6.54 Å². The topological polar surface area (TPSA) is 81.9 Å². The van der Waals surface area contributed by atoms with Gasteiger partial charge in [-0.05, 0) is 40.6 Å². The third-order valence-corrected chi connectivity index (χ3v) is 4.35. The van der Waals surface area contributed by atoms with Crippen LogP contribution in [0, 0.1) is 10.1 Å². The highest BCUT2D eigenvalue weighted by Gasteiger charge is 2.12. The summed E-state index contributed by atoms with van der Waals surface area (Å²) in [5.74, 6) is 0.864.